The van der Waals surface area contributed by atoms with Gasteiger partial charge in [0, 0.05) is 18.6 Å². The van der Waals surface area contributed by atoms with E-state index in [4.69, 9.17) is 0 Å². The molecule has 1 heterocycles. The predicted molar refractivity (Wildman–Crippen MR) is 80.1 cm³/mol. The highest BCUT2D eigenvalue weighted by molar-refractivity contribution is 4.90. The molecule has 3 heteroatoms. The largest absolute Gasteiger partial charge is 0.312 e. The third-order valence-electron chi connectivity index (χ3n) is 4.42. The second-order valence-electron chi connectivity index (χ2n) is 6.03. The lowest BCUT2D eigenvalue weighted by Gasteiger charge is -2.38. The van der Waals surface area contributed by atoms with E-state index in [9.17, 15) is 0 Å². The van der Waals surface area contributed by atoms with E-state index in [-0.39, 0.29) is 0 Å². The zero-order valence-electron chi connectivity index (χ0n) is 13.1. The number of rotatable bonds is 6. The maximum absolute atomic E-state index is 3.80. The first-order chi connectivity index (χ1) is 8.60. The van der Waals surface area contributed by atoms with Crippen molar-refractivity contribution in [3.63, 3.8) is 0 Å². The number of hydrogen-bond donors (Lipinski definition) is 1. The normalized spacial score (nSPS) is 26.8. The first kappa shape index (κ1) is 15.9. The van der Waals surface area contributed by atoms with Crippen molar-refractivity contribution in [1.82, 2.24) is 15.1 Å². The Morgan fingerprint density at radius 1 is 1.22 bits per heavy atom. The summed E-state index contributed by atoms with van der Waals surface area (Å²) in [5, 5.41) is 3.80. The van der Waals surface area contributed by atoms with Crippen LogP contribution in [0, 0.1) is 5.92 Å². The molecule has 0 amide bonds. The molecule has 1 rings (SSSR count). The minimum Gasteiger partial charge on any atom is -0.312 e. The quantitative estimate of drug-likeness (QED) is 0.783. The SMILES string of the molecule is CCCNC(C(C)CC)C1CN(C)CCCN1C. The highest BCUT2D eigenvalue weighted by Gasteiger charge is 2.30. The van der Waals surface area contributed by atoms with Crippen LogP contribution in [-0.4, -0.2) is 62.2 Å². The minimum absolute atomic E-state index is 0.625. The molecule has 0 radical (unpaired) electrons. The van der Waals surface area contributed by atoms with Crippen LogP contribution < -0.4 is 5.32 Å². The fourth-order valence-electron chi connectivity index (χ4n) is 2.97. The van der Waals surface area contributed by atoms with Gasteiger partial charge in [-0.3, -0.25) is 0 Å². The van der Waals surface area contributed by atoms with Crippen LogP contribution in [0.5, 0.6) is 0 Å². The van der Waals surface area contributed by atoms with E-state index in [1.54, 1.807) is 0 Å². The van der Waals surface area contributed by atoms with Crippen molar-refractivity contribution >= 4 is 0 Å². The zero-order chi connectivity index (χ0) is 13.5. The van der Waals surface area contributed by atoms with Crippen molar-refractivity contribution < 1.29 is 0 Å². The van der Waals surface area contributed by atoms with Crippen LogP contribution in [-0.2, 0) is 0 Å². The number of nitrogens with one attached hydrogen (secondary N) is 1. The van der Waals surface area contributed by atoms with Crippen molar-refractivity contribution in [3.05, 3.63) is 0 Å². The fraction of sp³-hybridized carbons (Fsp3) is 1.00. The van der Waals surface area contributed by atoms with E-state index in [0.29, 0.717) is 12.1 Å². The monoisotopic (exact) mass is 255 g/mol. The fourth-order valence-corrected chi connectivity index (χ4v) is 2.97. The number of hydrogen-bond acceptors (Lipinski definition) is 3. The zero-order valence-corrected chi connectivity index (χ0v) is 13.1. The lowest BCUT2D eigenvalue weighted by Crippen LogP contribution is -2.55. The molecular weight excluding hydrogens is 222 g/mol. The van der Waals surface area contributed by atoms with Crippen molar-refractivity contribution in [3.8, 4) is 0 Å². The van der Waals surface area contributed by atoms with Gasteiger partial charge in [0.05, 0.1) is 0 Å². The third kappa shape index (κ3) is 4.52. The third-order valence-corrected chi connectivity index (χ3v) is 4.42. The van der Waals surface area contributed by atoms with Crippen LogP contribution in [0.2, 0.25) is 0 Å². The molecule has 0 aliphatic carbocycles. The summed E-state index contributed by atoms with van der Waals surface area (Å²) < 4.78 is 0. The molecule has 1 N–H and O–H groups in total. The van der Waals surface area contributed by atoms with Crippen LogP contribution in [0.25, 0.3) is 0 Å². The Labute approximate surface area is 114 Å². The van der Waals surface area contributed by atoms with Gasteiger partial charge in [0.15, 0.2) is 0 Å². The van der Waals surface area contributed by atoms with Gasteiger partial charge in [-0.15, -0.1) is 0 Å². The predicted octanol–water partition coefficient (Wildman–Crippen LogP) is 2.04. The second kappa shape index (κ2) is 8.13. The summed E-state index contributed by atoms with van der Waals surface area (Å²) in [5.74, 6) is 0.746. The topological polar surface area (TPSA) is 18.5 Å². The molecule has 3 nitrogen and oxygen atoms in total. The lowest BCUT2D eigenvalue weighted by atomic mass is 9.91. The molecule has 1 aliphatic heterocycles. The molecule has 3 atom stereocenters. The Balaban J connectivity index is 2.72. The average molecular weight is 255 g/mol. The van der Waals surface area contributed by atoms with Crippen LogP contribution in [0.15, 0.2) is 0 Å². The van der Waals surface area contributed by atoms with Crippen molar-refractivity contribution in [2.75, 3.05) is 40.3 Å². The van der Waals surface area contributed by atoms with Crippen LogP contribution in [0.4, 0.5) is 0 Å². The molecule has 0 aromatic carbocycles. The molecule has 0 bridgehead atoms. The summed E-state index contributed by atoms with van der Waals surface area (Å²) in [6.45, 7) is 11.8. The van der Waals surface area contributed by atoms with Gasteiger partial charge in [-0.1, -0.05) is 27.2 Å². The van der Waals surface area contributed by atoms with Gasteiger partial charge in [-0.25, -0.2) is 0 Å². The van der Waals surface area contributed by atoms with E-state index in [1.807, 2.05) is 0 Å². The molecule has 1 fully saturated rings. The smallest absolute Gasteiger partial charge is 0.0375 e. The summed E-state index contributed by atoms with van der Waals surface area (Å²) in [6.07, 6.45) is 3.78. The van der Waals surface area contributed by atoms with E-state index in [1.165, 1.54) is 38.9 Å². The van der Waals surface area contributed by atoms with Crippen LogP contribution in [0.3, 0.4) is 0 Å². The van der Waals surface area contributed by atoms with Gasteiger partial charge in [0.25, 0.3) is 0 Å². The Bertz CT molecular complexity index is 220. The van der Waals surface area contributed by atoms with E-state index in [2.05, 4.69) is 50.0 Å². The highest BCUT2D eigenvalue weighted by Crippen LogP contribution is 2.18. The Kier molecular flexibility index (Phi) is 7.20. The maximum Gasteiger partial charge on any atom is 0.0375 e. The Hall–Kier alpha value is -0.120. The molecule has 18 heavy (non-hydrogen) atoms. The first-order valence-corrected chi connectivity index (χ1v) is 7.72. The van der Waals surface area contributed by atoms with Crippen LogP contribution in [0.1, 0.15) is 40.0 Å². The summed E-state index contributed by atoms with van der Waals surface area (Å²) in [7, 11) is 4.56. The Morgan fingerprint density at radius 3 is 2.56 bits per heavy atom. The molecule has 0 saturated carbocycles. The van der Waals surface area contributed by atoms with Crippen molar-refractivity contribution in [2.45, 2.75) is 52.1 Å². The van der Waals surface area contributed by atoms with E-state index in [0.717, 1.165) is 12.5 Å². The van der Waals surface area contributed by atoms with Gasteiger partial charge in [-0.05, 0) is 52.5 Å². The van der Waals surface area contributed by atoms with Crippen LogP contribution >= 0.6 is 0 Å². The standard InChI is InChI=1S/C15H33N3/c1-6-9-16-15(13(3)7-2)14-12-17(4)10-8-11-18(14)5/h13-16H,6-12H2,1-5H3. The molecule has 0 aromatic rings. The molecule has 0 aromatic heterocycles. The Morgan fingerprint density at radius 2 is 1.94 bits per heavy atom. The molecule has 108 valence electrons. The molecule has 0 spiro atoms. The van der Waals surface area contributed by atoms with Gasteiger partial charge < -0.3 is 15.1 Å². The average Bonchev–Trinajstić information content (AvgIpc) is 2.52. The van der Waals surface area contributed by atoms with E-state index < -0.39 is 0 Å². The van der Waals surface area contributed by atoms with Gasteiger partial charge >= 0.3 is 0 Å². The van der Waals surface area contributed by atoms with Gasteiger partial charge in [0.1, 0.15) is 0 Å². The highest BCUT2D eigenvalue weighted by atomic mass is 15.2. The molecule has 3 unspecified atom stereocenters. The lowest BCUT2D eigenvalue weighted by molar-refractivity contribution is 0.147. The summed E-state index contributed by atoms with van der Waals surface area (Å²) >= 11 is 0. The molecular formula is C15H33N3. The molecule has 1 saturated heterocycles. The minimum atomic E-state index is 0.625. The van der Waals surface area contributed by atoms with E-state index >= 15 is 0 Å². The van der Waals surface area contributed by atoms with Gasteiger partial charge in [0.2, 0.25) is 0 Å². The second-order valence-corrected chi connectivity index (χ2v) is 6.03. The summed E-state index contributed by atoms with van der Waals surface area (Å²) in [5.41, 5.74) is 0. The first-order valence-electron chi connectivity index (χ1n) is 7.72. The maximum atomic E-state index is 3.80. The van der Waals surface area contributed by atoms with Crippen molar-refractivity contribution in [2.24, 2.45) is 5.92 Å². The van der Waals surface area contributed by atoms with Crippen molar-refractivity contribution in [1.29, 1.82) is 0 Å². The number of nitrogens with zero attached hydrogens (tertiary/aromatic N) is 2. The van der Waals surface area contributed by atoms with Gasteiger partial charge in [-0.2, -0.15) is 0 Å². The summed E-state index contributed by atoms with van der Waals surface area (Å²) in [4.78, 5) is 5.07. The molecule has 1 aliphatic rings. The summed E-state index contributed by atoms with van der Waals surface area (Å²) in [6, 6.07) is 1.28. The number of likely N-dealkylation sites (N-methyl/N-ethyl adjacent to an activating group) is 2.